The van der Waals surface area contributed by atoms with Crippen molar-refractivity contribution in [1.29, 1.82) is 0 Å². The summed E-state index contributed by atoms with van der Waals surface area (Å²) in [5.74, 6) is 2.81. The van der Waals surface area contributed by atoms with E-state index in [2.05, 4.69) is 15.2 Å². The van der Waals surface area contributed by atoms with E-state index in [9.17, 15) is 0 Å². The maximum absolute atomic E-state index is 5.53. The van der Waals surface area contributed by atoms with Gasteiger partial charge in [0.25, 0.3) is 0 Å². The number of rotatable bonds is 4. The summed E-state index contributed by atoms with van der Waals surface area (Å²) < 4.78 is 12.7. The number of para-hydroxylation sites is 1. The van der Waals surface area contributed by atoms with Crippen LogP contribution in [-0.2, 0) is 0 Å². The lowest BCUT2D eigenvalue weighted by Crippen LogP contribution is -2.05. The fourth-order valence-electron chi connectivity index (χ4n) is 2.56. The van der Waals surface area contributed by atoms with Crippen LogP contribution in [0.25, 0.3) is 17.1 Å². The molecule has 0 amide bonds. The van der Waals surface area contributed by atoms with Crippen molar-refractivity contribution in [2.75, 3.05) is 14.2 Å². The first kappa shape index (κ1) is 15.0. The van der Waals surface area contributed by atoms with Crippen LogP contribution in [0.4, 0.5) is 0 Å². The highest BCUT2D eigenvalue weighted by Crippen LogP contribution is 2.31. The summed E-state index contributed by atoms with van der Waals surface area (Å²) in [5.41, 5.74) is 2.89. The second kappa shape index (κ2) is 6.08. The molecule has 0 saturated carbocycles. The van der Waals surface area contributed by atoms with Gasteiger partial charge in [0.2, 0.25) is 5.88 Å². The molecule has 0 bridgehead atoms. The van der Waals surface area contributed by atoms with Gasteiger partial charge in [0.05, 0.1) is 19.9 Å². The summed E-state index contributed by atoms with van der Waals surface area (Å²) in [7, 11) is 3.25. The third kappa shape index (κ3) is 2.63. The number of ether oxygens (including phenoxy) is 2. The van der Waals surface area contributed by atoms with Gasteiger partial charge in [-0.1, -0.05) is 12.1 Å². The number of nitrogens with zero attached hydrogens (tertiary/aromatic N) is 4. The van der Waals surface area contributed by atoms with Crippen molar-refractivity contribution >= 4 is 0 Å². The van der Waals surface area contributed by atoms with Gasteiger partial charge in [0, 0.05) is 17.8 Å². The number of aryl methyl sites for hydroxylation is 2. The molecule has 23 heavy (non-hydrogen) atoms. The number of hydrogen-bond donors (Lipinski definition) is 0. The zero-order chi connectivity index (χ0) is 16.4. The van der Waals surface area contributed by atoms with E-state index < -0.39 is 0 Å². The smallest absolute Gasteiger partial charge is 0.213 e. The highest BCUT2D eigenvalue weighted by atomic mass is 16.5. The molecule has 0 aliphatic rings. The van der Waals surface area contributed by atoms with Gasteiger partial charge in [-0.2, -0.15) is 0 Å². The van der Waals surface area contributed by atoms with Crippen LogP contribution in [0.15, 0.2) is 36.5 Å². The van der Waals surface area contributed by atoms with E-state index in [0.29, 0.717) is 5.88 Å². The monoisotopic (exact) mass is 310 g/mol. The van der Waals surface area contributed by atoms with Gasteiger partial charge in [-0.25, -0.2) is 4.98 Å². The predicted molar refractivity (Wildman–Crippen MR) is 87.2 cm³/mol. The molecule has 0 spiro atoms. The van der Waals surface area contributed by atoms with E-state index in [1.165, 1.54) is 0 Å². The first-order valence-electron chi connectivity index (χ1n) is 7.22. The molecule has 0 atom stereocenters. The zero-order valence-corrected chi connectivity index (χ0v) is 13.6. The van der Waals surface area contributed by atoms with Gasteiger partial charge in [-0.15, -0.1) is 10.2 Å². The molecule has 2 aromatic heterocycles. The average Bonchev–Trinajstić information content (AvgIpc) is 2.96. The van der Waals surface area contributed by atoms with Crippen LogP contribution in [0, 0.1) is 13.8 Å². The maximum Gasteiger partial charge on any atom is 0.213 e. The lowest BCUT2D eigenvalue weighted by molar-refractivity contribution is 0.398. The summed E-state index contributed by atoms with van der Waals surface area (Å²) in [5, 5.41) is 8.57. The van der Waals surface area contributed by atoms with Crippen molar-refractivity contribution in [3.63, 3.8) is 0 Å². The molecule has 0 aliphatic heterocycles. The number of hydrogen-bond acceptors (Lipinski definition) is 5. The highest BCUT2D eigenvalue weighted by Gasteiger charge is 2.18. The minimum Gasteiger partial charge on any atom is -0.495 e. The first-order chi connectivity index (χ1) is 11.2. The van der Waals surface area contributed by atoms with E-state index in [-0.39, 0.29) is 0 Å². The van der Waals surface area contributed by atoms with Crippen molar-refractivity contribution in [2.45, 2.75) is 13.8 Å². The molecule has 0 N–H and O–H groups in total. The van der Waals surface area contributed by atoms with Gasteiger partial charge >= 0.3 is 0 Å². The fourth-order valence-corrected chi connectivity index (χ4v) is 2.56. The molecule has 0 fully saturated rings. The second-order valence-electron chi connectivity index (χ2n) is 5.12. The molecule has 0 unspecified atom stereocenters. The van der Waals surface area contributed by atoms with E-state index in [1.807, 2.05) is 48.7 Å². The Hall–Kier alpha value is -2.89. The summed E-state index contributed by atoms with van der Waals surface area (Å²) in [6, 6.07) is 9.65. The SMILES string of the molecule is COc1cc(-c2nnc(C)n2-c2c(C)cccc2OC)ccn1. The molecule has 0 saturated heterocycles. The molecular weight excluding hydrogens is 292 g/mol. The van der Waals surface area contributed by atoms with Crippen LogP contribution in [0.3, 0.4) is 0 Å². The van der Waals surface area contributed by atoms with Crippen LogP contribution in [-0.4, -0.2) is 34.0 Å². The van der Waals surface area contributed by atoms with Crippen molar-refractivity contribution in [3.8, 4) is 28.7 Å². The fraction of sp³-hybridized carbons (Fsp3) is 0.235. The molecule has 2 heterocycles. The molecule has 3 aromatic rings. The van der Waals surface area contributed by atoms with Crippen LogP contribution in [0.1, 0.15) is 11.4 Å². The van der Waals surface area contributed by atoms with Crippen molar-refractivity contribution < 1.29 is 9.47 Å². The van der Waals surface area contributed by atoms with Crippen LogP contribution in [0.5, 0.6) is 11.6 Å². The lowest BCUT2D eigenvalue weighted by Gasteiger charge is -2.15. The average molecular weight is 310 g/mol. The summed E-state index contributed by atoms with van der Waals surface area (Å²) in [6.07, 6.45) is 1.69. The molecule has 118 valence electrons. The molecule has 0 aliphatic carbocycles. The van der Waals surface area contributed by atoms with Crippen LogP contribution < -0.4 is 9.47 Å². The van der Waals surface area contributed by atoms with Crippen molar-refractivity contribution in [2.24, 2.45) is 0 Å². The van der Waals surface area contributed by atoms with Gasteiger partial charge < -0.3 is 9.47 Å². The Kier molecular flexibility index (Phi) is 3.97. The minimum absolute atomic E-state index is 0.534. The van der Waals surface area contributed by atoms with E-state index in [1.54, 1.807) is 20.4 Å². The Balaban J connectivity index is 2.25. The summed E-state index contributed by atoms with van der Waals surface area (Å²) >= 11 is 0. The van der Waals surface area contributed by atoms with Gasteiger partial charge in [0.15, 0.2) is 5.82 Å². The Morgan fingerprint density at radius 1 is 1.00 bits per heavy atom. The zero-order valence-electron chi connectivity index (χ0n) is 13.6. The number of pyridine rings is 1. The van der Waals surface area contributed by atoms with E-state index in [4.69, 9.17) is 9.47 Å². The van der Waals surface area contributed by atoms with Crippen molar-refractivity contribution in [3.05, 3.63) is 47.9 Å². The Morgan fingerprint density at radius 3 is 2.57 bits per heavy atom. The molecule has 0 radical (unpaired) electrons. The normalized spacial score (nSPS) is 10.6. The summed E-state index contributed by atoms with van der Waals surface area (Å²) in [4.78, 5) is 4.14. The topological polar surface area (TPSA) is 62.1 Å². The maximum atomic E-state index is 5.53. The molecular formula is C17H18N4O2. The molecule has 3 rings (SSSR count). The molecule has 6 heteroatoms. The van der Waals surface area contributed by atoms with Crippen LogP contribution in [0.2, 0.25) is 0 Å². The Labute approximate surface area is 134 Å². The molecule has 1 aromatic carbocycles. The molecule has 6 nitrogen and oxygen atoms in total. The van der Waals surface area contributed by atoms with Gasteiger partial charge in [-0.05, 0) is 31.5 Å². The van der Waals surface area contributed by atoms with E-state index in [0.717, 1.165) is 34.2 Å². The third-order valence-corrected chi connectivity index (χ3v) is 3.67. The van der Waals surface area contributed by atoms with E-state index >= 15 is 0 Å². The predicted octanol–water partition coefficient (Wildman–Crippen LogP) is 2.96. The number of aromatic nitrogens is 4. The minimum atomic E-state index is 0.534. The lowest BCUT2D eigenvalue weighted by atomic mass is 10.1. The van der Waals surface area contributed by atoms with Gasteiger partial charge in [-0.3, -0.25) is 4.57 Å². The first-order valence-corrected chi connectivity index (χ1v) is 7.22. The second-order valence-corrected chi connectivity index (χ2v) is 5.12. The Morgan fingerprint density at radius 2 is 1.83 bits per heavy atom. The quantitative estimate of drug-likeness (QED) is 0.741. The number of benzene rings is 1. The Bertz CT molecular complexity index is 842. The summed E-state index contributed by atoms with van der Waals surface area (Å²) in [6.45, 7) is 3.95. The van der Waals surface area contributed by atoms with Crippen LogP contribution >= 0.6 is 0 Å². The van der Waals surface area contributed by atoms with Gasteiger partial charge in [0.1, 0.15) is 11.6 Å². The number of methoxy groups -OCH3 is 2. The highest BCUT2D eigenvalue weighted by molar-refractivity contribution is 5.63. The largest absolute Gasteiger partial charge is 0.495 e. The standard InChI is InChI=1S/C17H18N4O2/c1-11-6-5-7-14(22-3)16(11)21-12(2)19-20-17(21)13-8-9-18-15(10-13)23-4/h5-10H,1-4H3. The van der Waals surface area contributed by atoms with Crippen molar-refractivity contribution in [1.82, 2.24) is 19.7 Å². The third-order valence-electron chi connectivity index (χ3n) is 3.67.